The summed E-state index contributed by atoms with van der Waals surface area (Å²) in [6.07, 6.45) is -0.560. The summed E-state index contributed by atoms with van der Waals surface area (Å²) in [7, 11) is 0. The average molecular weight is 311 g/mol. The van der Waals surface area contributed by atoms with Gasteiger partial charge in [-0.1, -0.05) is 38.1 Å². The summed E-state index contributed by atoms with van der Waals surface area (Å²) in [5, 5.41) is 2.93. The summed E-state index contributed by atoms with van der Waals surface area (Å²) < 4.78 is 5.89. The molecule has 1 amide bonds. The summed E-state index contributed by atoms with van der Waals surface area (Å²) in [6.45, 7) is 10.0. The highest BCUT2D eigenvalue weighted by atomic mass is 16.5. The van der Waals surface area contributed by atoms with Gasteiger partial charge < -0.3 is 10.1 Å². The predicted octanol–water partition coefficient (Wildman–Crippen LogP) is 4.83. The number of nitrogens with one attached hydrogen (secondary N) is 1. The number of hydrogen-bond acceptors (Lipinski definition) is 2. The lowest BCUT2D eigenvalue weighted by molar-refractivity contribution is -0.122. The van der Waals surface area contributed by atoms with Gasteiger partial charge in [-0.2, -0.15) is 0 Å². The van der Waals surface area contributed by atoms with Gasteiger partial charge in [-0.05, 0) is 61.6 Å². The van der Waals surface area contributed by atoms with Crippen LogP contribution < -0.4 is 10.1 Å². The molecule has 0 heterocycles. The Balaban J connectivity index is 2.08. The zero-order valence-corrected chi connectivity index (χ0v) is 14.5. The van der Waals surface area contributed by atoms with Gasteiger partial charge in [-0.3, -0.25) is 4.79 Å². The Labute approximate surface area is 138 Å². The number of anilines is 1. The molecule has 122 valence electrons. The maximum absolute atomic E-state index is 12.4. The maximum Gasteiger partial charge on any atom is 0.265 e. The molecule has 3 nitrogen and oxygen atoms in total. The minimum Gasteiger partial charge on any atom is -0.481 e. The molecule has 0 bridgehead atoms. The first-order chi connectivity index (χ1) is 10.9. The van der Waals surface area contributed by atoms with Crippen LogP contribution in [-0.2, 0) is 4.79 Å². The molecule has 1 atom stereocenters. The molecule has 0 aliphatic carbocycles. The van der Waals surface area contributed by atoms with E-state index in [1.165, 1.54) is 0 Å². The number of rotatable bonds is 5. The topological polar surface area (TPSA) is 38.3 Å². The van der Waals surface area contributed by atoms with Crippen molar-refractivity contribution in [3.8, 4) is 5.75 Å². The van der Waals surface area contributed by atoms with Gasteiger partial charge in [0, 0.05) is 5.69 Å². The van der Waals surface area contributed by atoms with Crippen LogP contribution >= 0.6 is 0 Å². The van der Waals surface area contributed by atoms with Gasteiger partial charge in [-0.25, -0.2) is 0 Å². The number of aryl methyl sites for hydroxylation is 2. The number of hydrogen-bond donors (Lipinski definition) is 1. The lowest BCUT2D eigenvalue weighted by Crippen LogP contribution is -2.30. The number of amides is 1. The third-order valence-electron chi connectivity index (χ3n) is 3.70. The molecule has 0 fully saturated rings. The standard InChI is InChI=1S/C20H25NO2/c1-13(2)18-8-6-7-9-19(18)23-16(5)20(22)21-17-11-14(3)10-15(4)12-17/h6-13,16H,1-5H3,(H,21,22). The second kappa shape index (κ2) is 7.32. The lowest BCUT2D eigenvalue weighted by Gasteiger charge is -2.19. The molecule has 3 heteroatoms. The molecule has 0 aliphatic rings. The van der Waals surface area contributed by atoms with E-state index in [0.29, 0.717) is 5.92 Å². The Morgan fingerprint density at radius 3 is 2.22 bits per heavy atom. The highest BCUT2D eigenvalue weighted by Gasteiger charge is 2.17. The van der Waals surface area contributed by atoms with E-state index in [1.54, 1.807) is 6.92 Å². The normalized spacial score (nSPS) is 12.1. The van der Waals surface area contributed by atoms with Crippen molar-refractivity contribution in [1.29, 1.82) is 0 Å². The second-order valence-electron chi connectivity index (χ2n) is 6.32. The molecule has 0 saturated carbocycles. The van der Waals surface area contributed by atoms with Crippen molar-refractivity contribution in [2.45, 2.75) is 46.6 Å². The molecule has 0 aromatic heterocycles. The van der Waals surface area contributed by atoms with Crippen molar-refractivity contribution >= 4 is 11.6 Å². The Morgan fingerprint density at radius 2 is 1.61 bits per heavy atom. The summed E-state index contributed by atoms with van der Waals surface area (Å²) >= 11 is 0. The third-order valence-corrected chi connectivity index (χ3v) is 3.70. The van der Waals surface area contributed by atoms with Crippen molar-refractivity contribution in [3.05, 3.63) is 59.2 Å². The fraction of sp³-hybridized carbons (Fsp3) is 0.350. The Hall–Kier alpha value is -2.29. The monoisotopic (exact) mass is 311 g/mol. The van der Waals surface area contributed by atoms with Crippen LogP contribution in [-0.4, -0.2) is 12.0 Å². The molecule has 2 aromatic carbocycles. The van der Waals surface area contributed by atoms with Crippen LogP contribution in [0.15, 0.2) is 42.5 Å². The minimum atomic E-state index is -0.560. The number of carbonyl (C=O) groups excluding carboxylic acids is 1. The molecular weight excluding hydrogens is 286 g/mol. The van der Waals surface area contributed by atoms with E-state index in [-0.39, 0.29) is 5.91 Å². The van der Waals surface area contributed by atoms with Crippen molar-refractivity contribution < 1.29 is 9.53 Å². The minimum absolute atomic E-state index is 0.145. The highest BCUT2D eigenvalue weighted by Crippen LogP contribution is 2.27. The molecule has 0 saturated heterocycles. The number of benzene rings is 2. The SMILES string of the molecule is Cc1cc(C)cc(NC(=O)C(C)Oc2ccccc2C(C)C)c1. The van der Waals surface area contributed by atoms with E-state index < -0.39 is 6.10 Å². The molecule has 23 heavy (non-hydrogen) atoms. The van der Waals surface area contributed by atoms with Gasteiger partial charge in [-0.15, -0.1) is 0 Å². The zero-order valence-electron chi connectivity index (χ0n) is 14.5. The van der Waals surface area contributed by atoms with Crippen molar-refractivity contribution in [2.75, 3.05) is 5.32 Å². The molecule has 1 unspecified atom stereocenters. The van der Waals surface area contributed by atoms with Crippen molar-refractivity contribution in [1.82, 2.24) is 0 Å². The molecule has 1 N–H and O–H groups in total. The highest BCUT2D eigenvalue weighted by molar-refractivity contribution is 5.94. The van der Waals surface area contributed by atoms with Crippen LogP contribution in [0.1, 0.15) is 43.4 Å². The summed E-state index contributed by atoms with van der Waals surface area (Å²) in [5.41, 5.74) is 4.16. The van der Waals surface area contributed by atoms with Gasteiger partial charge in [0.05, 0.1) is 0 Å². The fourth-order valence-electron chi connectivity index (χ4n) is 2.60. The second-order valence-corrected chi connectivity index (χ2v) is 6.32. The van der Waals surface area contributed by atoms with E-state index in [9.17, 15) is 4.79 Å². The maximum atomic E-state index is 12.4. The number of para-hydroxylation sites is 1. The van der Waals surface area contributed by atoms with Crippen LogP contribution in [0.4, 0.5) is 5.69 Å². The molecular formula is C20H25NO2. The lowest BCUT2D eigenvalue weighted by atomic mass is 10.0. The van der Waals surface area contributed by atoms with E-state index in [2.05, 4.69) is 25.2 Å². The van der Waals surface area contributed by atoms with E-state index in [0.717, 1.165) is 28.1 Å². The zero-order chi connectivity index (χ0) is 17.0. The Kier molecular flexibility index (Phi) is 5.43. The Morgan fingerprint density at radius 1 is 1.00 bits per heavy atom. The van der Waals surface area contributed by atoms with Gasteiger partial charge in [0.15, 0.2) is 6.10 Å². The van der Waals surface area contributed by atoms with E-state index in [1.807, 2.05) is 50.2 Å². The van der Waals surface area contributed by atoms with Crippen LogP contribution in [0, 0.1) is 13.8 Å². The molecule has 0 spiro atoms. The molecule has 0 radical (unpaired) electrons. The molecule has 0 aliphatic heterocycles. The van der Waals surface area contributed by atoms with Gasteiger partial charge in [0.25, 0.3) is 5.91 Å². The quantitative estimate of drug-likeness (QED) is 0.858. The summed E-state index contributed by atoms with van der Waals surface area (Å²) in [5.74, 6) is 0.972. The summed E-state index contributed by atoms with van der Waals surface area (Å²) in [4.78, 5) is 12.4. The largest absolute Gasteiger partial charge is 0.481 e. The van der Waals surface area contributed by atoms with E-state index in [4.69, 9.17) is 4.74 Å². The van der Waals surface area contributed by atoms with E-state index >= 15 is 0 Å². The van der Waals surface area contributed by atoms with Gasteiger partial charge >= 0.3 is 0 Å². The van der Waals surface area contributed by atoms with Crippen LogP contribution in [0.2, 0.25) is 0 Å². The first kappa shape index (κ1) is 17.1. The first-order valence-corrected chi connectivity index (χ1v) is 8.01. The van der Waals surface area contributed by atoms with Gasteiger partial charge in [0.1, 0.15) is 5.75 Å². The fourth-order valence-corrected chi connectivity index (χ4v) is 2.60. The van der Waals surface area contributed by atoms with Crippen LogP contribution in [0.5, 0.6) is 5.75 Å². The predicted molar refractivity (Wildman–Crippen MR) is 95.2 cm³/mol. The Bertz CT molecular complexity index is 672. The number of ether oxygens (including phenoxy) is 1. The van der Waals surface area contributed by atoms with Crippen molar-refractivity contribution in [2.24, 2.45) is 0 Å². The third kappa shape index (κ3) is 4.59. The first-order valence-electron chi connectivity index (χ1n) is 8.01. The van der Waals surface area contributed by atoms with Crippen molar-refractivity contribution in [3.63, 3.8) is 0 Å². The van der Waals surface area contributed by atoms with Crippen LogP contribution in [0.3, 0.4) is 0 Å². The number of carbonyl (C=O) groups is 1. The van der Waals surface area contributed by atoms with Gasteiger partial charge in [0.2, 0.25) is 0 Å². The molecule has 2 aromatic rings. The summed E-state index contributed by atoms with van der Waals surface area (Å²) in [6, 6.07) is 13.9. The smallest absolute Gasteiger partial charge is 0.265 e. The molecule has 2 rings (SSSR count). The average Bonchev–Trinajstić information content (AvgIpc) is 2.46. The van der Waals surface area contributed by atoms with Crippen LogP contribution in [0.25, 0.3) is 0 Å².